The number of nitrogens with zero attached hydrogens (tertiary/aromatic N) is 2. The number of carbonyl (C=O) groups excluding carboxylic acids is 1. The fourth-order valence-electron chi connectivity index (χ4n) is 1.65. The van der Waals surface area contributed by atoms with Crippen molar-refractivity contribution in [2.24, 2.45) is 5.73 Å². The summed E-state index contributed by atoms with van der Waals surface area (Å²) in [6.07, 6.45) is 6.23. The molecule has 5 nitrogen and oxygen atoms in total. The first-order valence-corrected chi connectivity index (χ1v) is 5.72. The van der Waals surface area contributed by atoms with Crippen molar-refractivity contribution in [3.63, 3.8) is 0 Å². The quantitative estimate of drug-likeness (QED) is 0.765. The number of amides is 1. The number of nitrogens with one attached hydrogen (secondary N) is 1. The van der Waals surface area contributed by atoms with Crippen molar-refractivity contribution in [3.8, 4) is 0 Å². The first kappa shape index (κ1) is 11.1. The molecule has 0 bridgehead atoms. The highest BCUT2D eigenvalue weighted by molar-refractivity contribution is 5.76. The molecule has 1 atom stereocenters. The van der Waals surface area contributed by atoms with E-state index in [4.69, 9.17) is 5.73 Å². The zero-order valence-electron chi connectivity index (χ0n) is 9.52. The van der Waals surface area contributed by atoms with Gasteiger partial charge in [-0.15, -0.1) is 0 Å². The average molecular weight is 222 g/mol. The first-order valence-electron chi connectivity index (χ1n) is 5.72. The van der Waals surface area contributed by atoms with Crippen LogP contribution in [0.4, 0.5) is 0 Å². The molecule has 3 N–H and O–H groups in total. The number of aromatic nitrogens is 2. The van der Waals surface area contributed by atoms with Crippen LogP contribution in [0.2, 0.25) is 0 Å². The molecule has 1 aliphatic rings. The van der Waals surface area contributed by atoms with Gasteiger partial charge >= 0.3 is 0 Å². The summed E-state index contributed by atoms with van der Waals surface area (Å²) in [7, 11) is 0. The van der Waals surface area contributed by atoms with E-state index < -0.39 is 0 Å². The maximum absolute atomic E-state index is 11.5. The number of carbonyl (C=O) groups is 1. The lowest BCUT2D eigenvalue weighted by Gasteiger charge is -2.10. The lowest BCUT2D eigenvalue weighted by molar-refractivity contribution is -0.121. The summed E-state index contributed by atoms with van der Waals surface area (Å²) in [4.78, 5) is 15.5. The predicted molar refractivity (Wildman–Crippen MR) is 60.6 cm³/mol. The number of hydrogen-bond donors (Lipinski definition) is 2. The summed E-state index contributed by atoms with van der Waals surface area (Å²) in [5.41, 5.74) is 6.77. The highest BCUT2D eigenvalue weighted by Crippen LogP contribution is 2.18. The lowest BCUT2D eigenvalue weighted by Crippen LogP contribution is -2.26. The molecule has 0 saturated heterocycles. The van der Waals surface area contributed by atoms with E-state index in [0.717, 1.165) is 18.5 Å². The van der Waals surface area contributed by atoms with Gasteiger partial charge in [0, 0.05) is 31.2 Å². The number of nitrogens with two attached hydrogens (primary N) is 1. The summed E-state index contributed by atoms with van der Waals surface area (Å²) in [6, 6.07) is 0.386. The highest BCUT2D eigenvalue weighted by Gasteiger charge is 2.22. The molecule has 1 saturated carbocycles. The fraction of sp³-hybridized carbons (Fsp3) is 0.636. The van der Waals surface area contributed by atoms with Gasteiger partial charge in [-0.3, -0.25) is 4.79 Å². The smallest absolute Gasteiger partial charge is 0.222 e. The van der Waals surface area contributed by atoms with Crippen molar-refractivity contribution in [2.45, 2.75) is 44.8 Å². The highest BCUT2D eigenvalue weighted by atomic mass is 16.1. The Morgan fingerprint density at radius 2 is 2.50 bits per heavy atom. The summed E-state index contributed by atoms with van der Waals surface area (Å²) < 4.78 is 1.94. The molecule has 88 valence electrons. The zero-order valence-corrected chi connectivity index (χ0v) is 9.52. The Kier molecular flexibility index (Phi) is 3.24. The summed E-state index contributed by atoms with van der Waals surface area (Å²) in [5, 5.41) is 2.96. The van der Waals surface area contributed by atoms with Crippen LogP contribution in [0.3, 0.4) is 0 Å². The van der Waals surface area contributed by atoms with Gasteiger partial charge in [-0.2, -0.15) is 0 Å². The van der Waals surface area contributed by atoms with Crippen LogP contribution in [0.5, 0.6) is 0 Å². The minimum Gasteiger partial charge on any atom is -0.353 e. The SMILES string of the molecule is C[C@H](N)c1cncn1CCC(=O)NC1CC1. The Bertz CT molecular complexity index is 368. The third-order valence-electron chi connectivity index (χ3n) is 2.73. The number of rotatable bonds is 5. The normalized spacial score (nSPS) is 17.1. The van der Waals surface area contributed by atoms with Crippen molar-refractivity contribution in [2.75, 3.05) is 0 Å². The van der Waals surface area contributed by atoms with E-state index in [-0.39, 0.29) is 11.9 Å². The van der Waals surface area contributed by atoms with E-state index in [1.165, 1.54) is 0 Å². The Morgan fingerprint density at radius 3 is 3.12 bits per heavy atom. The number of hydrogen-bond acceptors (Lipinski definition) is 3. The number of imidazole rings is 1. The molecule has 0 radical (unpaired) electrons. The van der Waals surface area contributed by atoms with Crippen LogP contribution in [0.1, 0.15) is 37.9 Å². The van der Waals surface area contributed by atoms with Crippen molar-refractivity contribution in [1.29, 1.82) is 0 Å². The monoisotopic (exact) mass is 222 g/mol. The largest absolute Gasteiger partial charge is 0.353 e. The lowest BCUT2D eigenvalue weighted by atomic mass is 10.2. The van der Waals surface area contributed by atoms with Gasteiger partial charge in [-0.05, 0) is 19.8 Å². The molecule has 0 aliphatic heterocycles. The summed E-state index contributed by atoms with van der Waals surface area (Å²) in [5.74, 6) is 0.117. The molecule has 1 aromatic rings. The van der Waals surface area contributed by atoms with Crippen LogP contribution in [0.15, 0.2) is 12.5 Å². The Morgan fingerprint density at radius 1 is 1.75 bits per heavy atom. The maximum Gasteiger partial charge on any atom is 0.222 e. The second-order valence-corrected chi connectivity index (χ2v) is 4.39. The van der Waals surface area contributed by atoms with Gasteiger partial charge in [0.2, 0.25) is 5.91 Å². The van der Waals surface area contributed by atoms with Gasteiger partial charge in [0.1, 0.15) is 0 Å². The minimum absolute atomic E-state index is 0.0472. The van der Waals surface area contributed by atoms with Crippen LogP contribution in [0, 0.1) is 0 Å². The number of aryl methyl sites for hydroxylation is 1. The van der Waals surface area contributed by atoms with Crippen LogP contribution < -0.4 is 11.1 Å². The van der Waals surface area contributed by atoms with E-state index in [2.05, 4.69) is 10.3 Å². The Labute approximate surface area is 95.0 Å². The topological polar surface area (TPSA) is 72.9 Å². The van der Waals surface area contributed by atoms with E-state index in [1.54, 1.807) is 12.5 Å². The van der Waals surface area contributed by atoms with E-state index in [1.807, 2.05) is 11.5 Å². The average Bonchev–Trinajstić information content (AvgIpc) is 2.91. The zero-order chi connectivity index (χ0) is 11.5. The van der Waals surface area contributed by atoms with Gasteiger partial charge in [-0.1, -0.05) is 0 Å². The molecule has 1 fully saturated rings. The van der Waals surface area contributed by atoms with Crippen LogP contribution in [-0.4, -0.2) is 21.5 Å². The van der Waals surface area contributed by atoms with E-state index in [9.17, 15) is 4.79 Å². The molecule has 0 unspecified atom stereocenters. The summed E-state index contributed by atoms with van der Waals surface area (Å²) >= 11 is 0. The third-order valence-corrected chi connectivity index (χ3v) is 2.73. The van der Waals surface area contributed by atoms with Crippen molar-refractivity contribution >= 4 is 5.91 Å². The molecule has 1 amide bonds. The van der Waals surface area contributed by atoms with E-state index in [0.29, 0.717) is 19.0 Å². The molecule has 1 aromatic heterocycles. The van der Waals surface area contributed by atoms with Gasteiger partial charge in [0.15, 0.2) is 0 Å². The Hall–Kier alpha value is -1.36. The molecule has 16 heavy (non-hydrogen) atoms. The van der Waals surface area contributed by atoms with Crippen LogP contribution in [-0.2, 0) is 11.3 Å². The molecule has 1 heterocycles. The van der Waals surface area contributed by atoms with Crippen molar-refractivity contribution < 1.29 is 4.79 Å². The molecule has 5 heteroatoms. The standard InChI is InChI=1S/C11H18N4O/c1-8(12)10-6-13-7-15(10)5-4-11(16)14-9-2-3-9/h6-9H,2-5,12H2,1H3,(H,14,16)/t8-/m0/s1. The van der Waals surface area contributed by atoms with Crippen LogP contribution >= 0.6 is 0 Å². The first-order chi connectivity index (χ1) is 7.66. The van der Waals surface area contributed by atoms with Crippen molar-refractivity contribution in [1.82, 2.24) is 14.9 Å². The second-order valence-electron chi connectivity index (χ2n) is 4.39. The summed E-state index contributed by atoms with van der Waals surface area (Å²) in [6.45, 7) is 2.56. The van der Waals surface area contributed by atoms with Gasteiger partial charge in [-0.25, -0.2) is 4.98 Å². The molecule has 0 aromatic carbocycles. The minimum atomic E-state index is -0.0472. The third kappa shape index (κ3) is 2.82. The van der Waals surface area contributed by atoms with Crippen LogP contribution in [0.25, 0.3) is 0 Å². The second kappa shape index (κ2) is 4.65. The molecule has 2 rings (SSSR count). The van der Waals surface area contributed by atoms with Gasteiger partial charge in [0.05, 0.1) is 12.0 Å². The molecular weight excluding hydrogens is 204 g/mol. The fourth-order valence-corrected chi connectivity index (χ4v) is 1.65. The van der Waals surface area contributed by atoms with Gasteiger partial charge < -0.3 is 15.6 Å². The van der Waals surface area contributed by atoms with Crippen molar-refractivity contribution in [3.05, 3.63) is 18.2 Å². The molecular formula is C11H18N4O. The Balaban J connectivity index is 1.83. The van der Waals surface area contributed by atoms with Gasteiger partial charge in [0.25, 0.3) is 0 Å². The predicted octanol–water partition coefficient (Wildman–Crippen LogP) is 0.571. The van der Waals surface area contributed by atoms with E-state index >= 15 is 0 Å². The maximum atomic E-state index is 11.5. The molecule has 1 aliphatic carbocycles. The molecule has 0 spiro atoms.